The van der Waals surface area contributed by atoms with Gasteiger partial charge in [-0.3, -0.25) is 4.79 Å². The highest BCUT2D eigenvalue weighted by molar-refractivity contribution is 5.85. The molecule has 1 heterocycles. The zero-order valence-corrected chi connectivity index (χ0v) is 10.5. The molecule has 0 unspecified atom stereocenters. The van der Waals surface area contributed by atoms with Crippen LogP contribution in [0, 0.1) is 5.41 Å². The molecule has 4 N–H and O–H groups in total. The molecule has 0 bridgehead atoms. The van der Waals surface area contributed by atoms with Gasteiger partial charge >= 0.3 is 0 Å². The Morgan fingerprint density at radius 1 is 1.63 bits per heavy atom. The highest BCUT2D eigenvalue weighted by Gasteiger charge is 2.25. The van der Waals surface area contributed by atoms with Gasteiger partial charge in [-0.15, -0.1) is 0 Å². The fourth-order valence-electron chi connectivity index (χ4n) is 1.86. The molecule has 0 atom stereocenters. The number of halogens is 1. The second kappa shape index (κ2) is 5.79. The van der Waals surface area contributed by atoms with Gasteiger partial charge in [0.1, 0.15) is 0 Å². The van der Waals surface area contributed by atoms with Crippen LogP contribution in [0.2, 0.25) is 0 Å². The molecule has 6 heteroatoms. The summed E-state index contributed by atoms with van der Waals surface area (Å²) in [5.41, 5.74) is 6.41. The van der Waals surface area contributed by atoms with Gasteiger partial charge < -0.3 is 21.0 Å². The first-order chi connectivity index (χ1) is 9.21. The Labute approximate surface area is 110 Å². The minimum Gasteiger partial charge on any atom is -0.380 e. The first-order valence-corrected chi connectivity index (χ1v) is 6.19. The Balaban J connectivity index is 2.23. The van der Waals surface area contributed by atoms with Crippen LogP contribution < -0.4 is 16.6 Å². The van der Waals surface area contributed by atoms with E-state index >= 15 is 0 Å². The van der Waals surface area contributed by atoms with Crippen molar-refractivity contribution in [3.63, 3.8) is 0 Å². The van der Waals surface area contributed by atoms with E-state index < -0.39 is 0 Å². The van der Waals surface area contributed by atoms with Gasteiger partial charge in [0.05, 0.1) is 17.6 Å². The molecule has 1 aromatic heterocycles. The lowest BCUT2D eigenvalue weighted by molar-refractivity contribution is 0.701. The zero-order valence-electron chi connectivity index (χ0n) is 10.5. The Hall–Kier alpha value is -1.95. The largest absolute Gasteiger partial charge is 0.380 e. The summed E-state index contributed by atoms with van der Waals surface area (Å²) in [6, 6.07) is 2.01. The number of rotatable bonds is 6. The number of aromatic nitrogens is 1. The monoisotopic (exact) mass is 264 g/mol. The fraction of sp³-hybridized carbons (Fsp3) is 0.385. The van der Waals surface area contributed by atoms with Gasteiger partial charge in [0.2, 0.25) is 0 Å². The van der Waals surface area contributed by atoms with E-state index in [0.717, 1.165) is 19.1 Å². The van der Waals surface area contributed by atoms with Gasteiger partial charge in [0.15, 0.2) is 0 Å². The summed E-state index contributed by atoms with van der Waals surface area (Å²) in [6.07, 6.45) is 5.22. The van der Waals surface area contributed by atoms with E-state index in [2.05, 4.69) is 5.32 Å². The van der Waals surface area contributed by atoms with Crippen LogP contribution in [0.15, 0.2) is 29.0 Å². The third-order valence-electron chi connectivity index (χ3n) is 3.16. The van der Waals surface area contributed by atoms with E-state index in [9.17, 15) is 9.18 Å². The summed E-state index contributed by atoms with van der Waals surface area (Å²) in [6.45, 7) is 0.337. The third-order valence-corrected chi connectivity index (χ3v) is 3.16. The minimum atomic E-state index is -0.180. The number of anilines is 1. The predicted octanol–water partition coefficient (Wildman–Crippen LogP) is 1.40. The van der Waals surface area contributed by atoms with Crippen LogP contribution in [0.3, 0.4) is 0 Å². The number of nitrogens with zero attached hydrogens (tertiary/aromatic N) is 1. The Kier molecular flexibility index (Phi) is 4.11. The lowest BCUT2D eigenvalue weighted by Gasteiger charge is -2.12. The van der Waals surface area contributed by atoms with Crippen molar-refractivity contribution in [2.75, 3.05) is 18.4 Å². The summed E-state index contributed by atoms with van der Waals surface area (Å²) in [4.78, 5) is 12.1. The Morgan fingerprint density at radius 3 is 2.89 bits per heavy atom. The van der Waals surface area contributed by atoms with Crippen molar-refractivity contribution in [3.8, 4) is 0 Å². The number of nitrogens with one attached hydrogen (secondary N) is 2. The van der Waals surface area contributed by atoms with Crippen LogP contribution in [0.5, 0.6) is 0 Å². The van der Waals surface area contributed by atoms with Gasteiger partial charge in [0, 0.05) is 31.5 Å². The van der Waals surface area contributed by atoms with E-state index in [1.807, 2.05) is 0 Å². The molecule has 0 radical (unpaired) electrons. The van der Waals surface area contributed by atoms with Crippen molar-refractivity contribution in [2.24, 2.45) is 5.73 Å². The fourth-order valence-corrected chi connectivity index (χ4v) is 1.86. The van der Waals surface area contributed by atoms with E-state index in [0.29, 0.717) is 23.2 Å². The first-order valence-electron chi connectivity index (χ1n) is 6.19. The van der Waals surface area contributed by atoms with Crippen molar-refractivity contribution in [2.45, 2.75) is 18.9 Å². The minimum absolute atomic E-state index is 0.114. The number of hydrogen-bond acceptors (Lipinski definition) is 4. The number of nitrogens with two attached hydrogens (primary N) is 1. The predicted molar refractivity (Wildman–Crippen MR) is 73.6 cm³/mol. The van der Waals surface area contributed by atoms with Gasteiger partial charge in [0.25, 0.3) is 5.56 Å². The second-order valence-corrected chi connectivity index (χ2v) is 4.56. The molecule has 19 heavy (non-hydrogen) atoms. The van der Waals surface area contributed by atoms with E-state index in [1.165, 1.54) is 0 Å². The zero-order chi connectivity index (χ0) is 13.8. The van der Waals surface area contributed by atoms with Gasteiger partial charge in [-0.25, -0.2) is 4.39 Å². The molecule has 0 spiro atoms. The standard InChI is InChI=1S/C13H17FN4O/c14-5-9(6-15)8-17-12-3-4-18(10-1-2-10)13(19)11(12)7-16/h3-5,7,10,16-17H,1-2,6,8,15H2/b9-5+,16-7?. The molecule has 102 valence electrons. The van der Waals surface area contributed by atoms with Crippen LogP contribution >= 0.6 is 0 Å². The summed E-state index contributed by atoms with van der Waals surface area (Å²) in [5, 5.41) is 10.3. The smallest absolute Gasteiger partial charge is 0.261 e. The molecule has 5 nitrogen and oxygen atoms in total. The number of pyridine rings is 1. The van der Waals surface area contributed by atoms with Crippen molar-refractivity contribution in [1.82, 2.24) is 4.57 Å². The lowest BCUT2D eigenvalue weighted by atomic mass is 10.2. The quantitative estimate of drug-likeness (QED) is 0.679. The van der Waals surface area contributed by atoms with Crippen LogP contribution in [0.25, 0.3) is 0 Å². The number of hydrogen-bond donors (Lipinski definition) is 3. The molecule has 1 aromatic rings. The maximum atomic E-state index is 12.4. The second-order valence-electron chi connectivity index (χ2n) is 4.56. The van der Waals surface area contributed by atoms with E-state index in [-0.39, 0.29) is 24.7 Å². The molecular weight excluding hydrogens is 247 g/mol. The summed E-state index contributed by atoms with van der Waals surface area (Å²) in [5.74, 6) is 0. The molecule has 1 fully saturated rings. The molecule has 2 rings (SSSR count). The highest BCUT2D eigenvalue weighted by atomic mass is 19.1. The van der Waals surface area contributed by atoms with E-state index in [1.54, 1.807) is 16.8 Å². The summed E-state index contributed by atoms with van der Waals surface area (Å²) < 4.78 is 14.1. The Morgan fingerprint density at radius 2 is 2.37 bits per heavy atom. The summed E-state index contributed by atoms with van der Waals surface area (Å²) >= 11 is 0. The van der Waals surface area contributed by atoms with Crippen LogP contribution in [0.4, 0.5) is 10.1 Å². The SMILES string of the molecule is N=Cc1c(NC/C(=C/F)CN)ccn(C2CC2)c1=O. The van der Waals surface area contributed by atoms with Crippen LogP contribution in [-0.4, -0.2) is 23.9 Å². The maximum absolute atomic E-state index is 12.4. The van der Waals surface area contributed by atoms with Gasteiger partial charge in [-0.2, -0.15) is 0 Å². The normalized spacial score (nSPS) is 15.4. The van der Waals surface area contributed by atoms with Gasteiger partial charge in [-0.1, -0.05) is 0 Å². The average Bonchev–Trinajstić information content (AvgIpc) is 3.24. The average molecular weight is 264 g/mol. The molecule has 1 aliphatic rings. The molecular formula is C13H17FN4O. The summed E-state index contributed by atoms with van der Waals surface area (Å²) in [7, 11) is 0. The lowest BCUT2D eigenvalue weighted by Crippen LogP contribution is -2.24. The van der Waals surface area contributed by atoms with Gasteiger partial charge in [-0.05, 0) is 24.5 Å². The molecule has 0 aromatic carbocycles. The third kappa shape index (κ3) is 2.90. The first kappa shape index (κ1) is 13.5. The van der Waals surface area contributed by atoms with Crippen molar-refractivity contribution in [3.05, 3.63) is 40.1 Å². The van der Waals surface area contributed by atoms with Crippen molar-refractivity contribution in [1.29, 1.82) is 5.41 Å². The molecule has 0 aliphatic heterocycles. The van der Waals surface area contributed by atoms with Crippen molar-refractivity contribution < 1.29 is 4.39 Å². The maximum Gasteiger partial charge on any atom is 0.261 e. The Bertz CT molecular complexity index is 560. The van der Waals surface area contributed by atoms with E-state index in [4.69, 9.17) is 11.1 Å². The molecule has 1 saturated carbocycles. The van der Waals surface area contributed by atoms with Crippen LogP contribution in [-0.2, 0) is 0 Å². The molecule has 0 saturated heterocycles. The van der Waals surface area contributed by atoms with Crippen LogP contribution in [0.1, 0.15) is 24.4 Å². The molecule has 1 aliphatic carbocycles. The topological polar surface area (TPSA) is 83.9 Å². The van der Waals surface area contributed by atoms with Crippen molar-refractivity contribution >= 4 is 11.9 Å². The highest BCUT2D eigenvalue weighted by Crippen LogP contribution is 2.33. The molecule has 0 amide bonds.